The smallest absolute Gasteiger partial charge is 0.255 e. The van der Waals surface area contributed by atoms with Crippen LogP contribution in [0.4, 0.5) is 5.69 Å². The van der Waals surface area contributed by atoms with Crippen molar-refractivity contribution < 1.29 is 9.59 Å². The normalized spacial score (nSPS) is 14.8. The van der Waals surface area contributed by atoms with E-state index in [1.165, 1.54) is 24.0 Å². The Bertz CT molecular complexity index is 796. The second kappa shape index (κ2) is 8.52. The number of carbonyl (C=O) groups excluding carboxylic acids is 2. The molecule has 1 amide bonds. The summed E-state index contributed by atoms with van der Waals surface area (Å²) in [5, 5.41) is 3.01. The second-order valence-corrected chi connectivity index (χ2v) is 7.85. The zero-order valence-electron chi connectivity index (χ0n) is 15.2. The quantitative estimate of drug-likeness (QED) is 0.811. The summed E-state index contributed by atoms with van der Waals surface area (Å²) >= 11 is 2.00. The molecule has 0 bridgehead atoms. The van der Waals surface area contributed by atoms with Crippen LogP contribution in [0, 0.1) is 6.92 Å². The number of benzene rings is 2. The van der Waals surface area contributed by atoms with Crippen LogP contribution in [0.1, 0.15) is 38.8 Å². The minimum Gasteiger partial charge on any atom is -0.322 e. The highest BCUT2D eigenvalue weighted by Crippen LogP contribution is 2.20. The van der Waals surface area contributed by atoms with Crippen molar-refractivity contribution in [2.24, 2.45) is 0 Å². The Morgan fingerprint density at radius 3 is 2.35 bits per heavy atom. The number of ketones is 1. The van der Waals surface area contributed by atoms with E-state index in [0.717, 1.165) is 30.9 Å². The average Bonchev–Trinajstić information content (AvgIpc) is 2.65. The fraction of sp³-hybridized carbons (Fsp3) is 0.333. The molecule has 136 valence electrons. The molecule has 0 aromatic heterocycles. The van der Waals surface area contributed by atoms with Gasteiger partial charge in [-0.2, -0.15) is 11.8 Å². The van der Waals surface area contributed by atoms with Gasteiger partial charge in [0, 0.05) is 48.0 Å². The summed E-state index contributed by atoms with van der Waals surface area (Å²) in [6, 6.07) is 13.0. The number of anilines is 1. The lowest BCUT2D eigenvalue weighted by molar-refractivity contribution is 0.100. The van der Waals surface area contributed by atoms with Crippen molar-refractivity contribution in [1.29, 1.82) is 0 Å². The predicted molar refractivity (Wildman–Crippen MR) is 108 cm³/mol. The van der Waals surface area contributed by atoms with E-state index in [4.69, 9.17) is 0 Å². The van der Waals surface area contributed by atoms with Gasteiger partial charge in [-0.25, -0.2) is 0 Å². The monoisotopic (exact) mass is 368 g/mol. The highest BCUT2D eigenvalue weighted by atomic mass is 32.2. The summed E-state index contributed by atoms with van der Waals surface area (Å²) in [6.45, 7) is 6.66. The summed E-state index contributed by atoms with van der Waals surface area (Å²) in [5.41, 5.74) is 4.25. The Labute approximate surface area is 159 Å². The van der Waals surface area contributed by atoms with Crippen LogP contribution in [-0.2, 0) is 6.54 Å². The number of amides is 1. The van der Waals surface area contributed by atoms with Gasteiger partial charge in [0.2, 0.25) is 0 Å². The number of hydrogen-bond donors (Lipinski definition) is 1. The zero-order valence-corrected chi connectivity index (χ0v) is 16.1. The third kappa shape index (κ3) is 4.74. The van der Waals surface area contributed by atoms with Gasteiger partial charge in [0.05, 0.1) is 0 Å². The number of aryl methyl sites for hydroxylation is 1. The number of carbonyl (C=O) groups is 2. The number of nitrogens with one attached hydrogen (secondary N) is 1. The molecule has 0 spiro atoms. The van der Waals surface area contributed by atoms with Crippen LogP contribution in [0.3, 0.4) is 0 Å². The Hall–Kier alpha value is -2.11. The van der Waals surface area contributed by atoms with E-state index in [0.29, 0.717) is 11.1 Å². The predicted octanol–water partition coefficient (Wildman–Crippen LogP) is 4.00. The van der Waals surface area contributed by atoms with E-state index in [1.807, 2.05) is 18.7 Å². The molecule has 1 fully saturated rings. The van der Waals surface area contributed by atoms with Crippen molar-refractivity contribution in [1.82, 2.24) is 4.90 Å². The van der Waals surface area contributed by atoms with Crippen LogP contribution in [0.5, 0.6) is 0 Å². The summed E-state index contributed by atoms with van der Waals surface area (Å²) in [5.74, 6) is 2.21. The molecular formula is C21H24N2O2S. The highest BCUT2D eigenvalue weighted by molar-refractivity contribution is 7.99. The fourth-order valence-electron chi connectivity index (χ4n) is 2.97. The molecule has 3 rings (SSSR count). The van der Waals surface area contributed by atoms with Crippen LogP contribution in [0.15, 0.2) is 42.5 Å². The van der Waals surface area contributed by atoms with Gasteiger partial charge >= 0.3 is 0 Å². The molecule has 0 atom stereocenters. The minimum atomic E-state index is -0.158. The van der Waals surface area contributed by atoms with E-state index >= 15 is 0 Å². The molecule has 0 radical (unpaired) electrons. The van der Waals surface area contributed by atoms with Crippen LogP contribution < -0.4 is 5.32 Å². The Morgan fingerprint density at radius 1 is 1.04 bits per heavy atom. The Morgan fingerprint density at radius 2 is 1.69 bits per heavy atom. The zero-order chi connectivity index (χ0) is 18.5. The molecule has 1 heterocycles. The molecule has 4 nitrogen and oxygen atoms in total. The molecule has 0 unspecified atom stereocenters. The van der Waals surface area contributed by atoms with Gasteiger partial charge in [0.25, 0.3) is 5.91 Å². The third-order valence-electron chi connectivity index (χ3n) is 4.61. The Balaban J connectivity index is 1.70. The SMILES string of the molecule is CC(=O)c1ccc(C(=O)Nc2cc(CN3CCSCC3)ccc2C)cc1. The maximum absolute atomic E-state index is 12.5. The van der Waals surface area contributed by atoms with Crippen LogP contribution in [-0.4, -0.2) is 41.2 Å². The largest absolute Gasteiger partial charge is 0.322 e. The first-order valence-corrected chi connectivity index (χ1v) is 10.0. The first kappa shape index (κ1) is 18.7. The van der Waals surface area contributed by atoms with Gasteiger partial charge in [0.1, 0.15) is 0 Å². The fourth-order valence-corrected chi connectivity index (χ4v) is 3.95. The highest BCUT2D eigenvalue weighted by Gasteiger charge is 2.13. The van der Waals surface area contributed by atoms with E-state index < -0.39 is 0 Å². The lowest BCUT2D eigenvalue weighted by atomic mass is 10.1. The second-order valence-electron chi connectivity index (χ2n) is 6.63. The van der Waals surface area contributed by atoms with E-state index in [2.05, 4.69) is 28.4 Å². The van der Waals surface area contributed by atoms with Crippen molar-refractivity contribution in [3.8, 4) is 0 Å². The summed E-state index contributed by atoms with van der Waals surface area (Å²) < 4.78 is 0. The first-order chi connectivity index (χ1) is 12.5. The van der Waals surface area contributed by atoms with Crippen molar-refractivity contribution >= 4 is 29.1 Å². The first-order valence-electron chi connectivity index (χ1n) is 8.85. The molecule has 2 aromatic rings. The standard InChI is InChI=1S/C21H24N2O2S/c1-15-3-4-17(14-23-9-11-26-12-10-23)13-20(15)22-21(25)19-7-5-18(6-8-19)16(2)24/h3-8,13H,9-12,14H2,1-2H3,(H,22,25). The molecule has 2 aromatic carbocycles. The number of Topliss-reactive ketones (excluding diaryl/α,β-unsaturated/α-hetero) is 1. The lowest BCUT2D eigenvalue weighted by Crippen LogP contribution is -2.32. The maximum atomic E-state index is 12.5. The maximum Gasteiger partial charge on any atom is 0.255 e. The van der Waals surface area contributed by atoms with E-state index in [-0.39, 0.29) is 11.7 Å². The summed E-state index contributed by atoms with van der Waals surface area (Å²) in [7, 11) is 0. The molecule has 0 aliphatic carbocycles. The molecule has 5 heteroatoms. The topological polar surface area (TPSA) is 49.4 Å². The third-order valence-corrected chi connectivity index (χ3v) is 5.56. The van der Waals surface area contributed by atoms with Crippen molar-refractivity contribution in [2.75, 3.05) is 29.9 Å². The number of hydrogen-bond acceptors (Lipinski definition) is 4. The molecule has 1 aliphatic rings. The number of rotatable bonds is 5. The van der Waals surface area contributed by atoms with Crippen molar-refractivity contribution in [2.45, 2.75) is 20.4 Å². The van der Waals surface area contributed by atoms with Gasteiger partial charge in [-0.3, -0.25) is 14.5 Å². The average molecular weight is 369 g/mol. The molecular weight excluding hydrogens is 344 g/mol. The minimum absolute atomic E-state index is 0.00313. The van der Waals surface area contributed by atoms with Gasteiger partial charge in [0.15, 0.2) is 5.78 Å². The summed E-state index contributed by atoms with van der Waals surface area (Å²) in [4.78, 5) is 26.3. The van der Waals surface area contributed by atoms with Crippen molar-refractivity contribution in [3.63, 3.8) is 0 Å². The number of thioether (sulfide) groups is 1. The van der Waals surface area contributed by atoms with Gasteiger partial charge in [-0.15, -0.1) is 0 Å². The molecule has 1 saturated heterocycles. The molecule has 1 N–H and O–H groups in total. The molecule has 26 heavy (non-hydrogen) atoms. The van der Waals surface area contributed by atoms with Crippen LogP contribution in [0.2, 0.25) is 0 Å². The van der Waals surface area contributed by atoms with E-state index in [9.17, 15) is 9.59 Å². The lowest BCUT2D eigenvalue weighted by Gasteiger charge is -2.26. The van der Waals surface area contributed by atoms with Crippen LogP contribution in [0.25, 0.3) is 0 Å². The Kier molecular flexibility index (Phi) is 6.12. The van der Waals surface area contributed by atoms with Crippen molar-refractivity contribution in [3.05, 3.63) is 64.7 Å². The molecule has 0 saturated carbocycles. The van der Waals surface area contributed by atoms with Gasteiger partial charge < -0.3 is 5.32 Å². The van der Waals surface area contributed by atoms with Gasteiger partial charge in [-0.05, 0) is 43.2 Å². The van der Waals surface area contributed by atoms with Crippen LogP contribution >= 0.6 is 11.8 Å². The van der Waals surface area contributed by atoms with E-state index in [1.54, 1.807) is 24.3 Å². The number of nitrogens with zero attached hydrogens (tertiary/aromatic N) is 1. The molecule has 1 aliphatic heterocycles. The summed E-state index contributed by atoms with van der Waals surface area (Å²) in [6.07, 6.45) is 0. The van der Waals surface area contributed by atoms with Gasteiger partial charge in [-0.1, -0.05) is 24.3 Å².